The van der Waals surface area contributed by atoms with Crippen LogP contribution in [0.2, 0.25) is 0 Å². The fraction of sp³-hybridized carbons (Fsp3) is 0.429. The number of fused-ring (bicyclic) bond motifs is 6. The largest absolute Gasteiger partial charge is 0.392 e. The van der Waals surface area contributed by atoms with Crippen molar-refractivity contribution in [1.29, 1.82) is 0 Å². The molecule has 254 valence electrons. The lowest BCUT2D eigenvalue weighted by atomic mass is 10.0. The van der Waals surface area contributed by atoms with Gasteiger partial charge < -0.3 is 20.0 Å². The van der Waals surface area contributed by atoms with Crippen LogP contribution in [0.4, 0.5) is 22.7 Å². The molecule has 8 rings (SSSR count). The van der Waals surface area contributed by atoms with Crippen LogP contribution in [0.1, 0.15) is 11.1 Å². The molecule has 0 aliphatic carbocycles. The summed E-state index contributed by atoms with van der Waals surface area (Å²) in [7, 11) is 5.43. The van der Waals surface area contributed by atoms with Crippen molar-refractivity contribution in [3.05, 3.63) is 67.8 Å². The number of benzene rings is 2. The van der Waals surface area contributed by atoms with Crippen LogP contribution in [-0.4, -0.2) is 113 Å². The van der Waals surface area contributed by atoms with E-state index in [1.165, 1.54) is 91.3 Å². The summed E-state index contributed by atoms with van der Waals surface area (Å²) in [6.45, 7) is -1.05. The van der Waals surface area contributed by atoms with Crippen molar-refractivity contribution >= 4 is 91.5 Å². The number of nitro benzene ring substituents is 2. The van der Waals surface area contributed by atoms with Gasteiger partial charge in [-0.25, -0.2) is 0 Å². The molecule has 0 aromatic heterocycles. The summed E-state index contributed by atoms with van der Waals surface area (Å²) in [4.78, 5) is 73.6. The Bertz CT molecular complexity index is 1830. The van der Waals surface area contributed by atoms with E-state index < -0.39 is 54.4 Å². The molecule has 20 heteroatoms. The van der Waals surface area contributed by atoms with Crippen molar-refractivity contribution in [2.45, 2.75) is 32.3 Å². The van der Waals surface area contributed by atoms with Crippen molar-refractivity contribution in [3.63, 3.8) is 0 Å². The summed E-state index contributed by atoms with van der Waals surface area (Å²) in [5.41, 5.74) is 1.89. The maximum Gasteiger partial charge on any atom is 0.271 e. The van der Waals surface area contributed by atoms with Crippen molar-refractivity contribution in [2.24, 2.45) is 0 Å². The molecule has 0 saturated carbocycles. The lowest BCUT2D eigenvalue weighted by molar-refractivity contribution is -0.385. The van der Waals surface area contributed by atoms with E-state index in [4.69, 9.17) is 0 Å². The molecule has 2 aromatic carbocycles. The molecule has 6 heterocycles. The van der Waals surface area contributed by atoms with Gasteiger partial charge in [0.05, 0.1) is 34.4 Å². The summed E-state index contributed by atoms with van der Waals surface area (Å²) in [6, 6.07) is 8.57. The number of nitro groups is 2. The summed E-state index contributed by atoms with van der Waals surface area (Å²) in [5.74, 6) is -1.43. The van der Waals surface area contributed by atoms with Crippen LogP contribution in [0.5, 0.6) is 0 Å². The van der Waals surface area contributed by atoms with Crippen LogP contribution in [0.15, 0.2) is 36.4 Å². The van der Waals surface area contributed by atoms with Gasteiger partial charge in [0.15, 0.2) is 14.6 Å². The minimum absolute atomic E-state index is 0.133. The first-order chi connectivity index (χ1) is 22.7. The number of piperazine rings is 2. The number of likely N-dealkylation sites (N-methyl/N-ethyl adjacent to an activating group) is 2. The smallest absolute Gasteiger partial charge is 0.271 e. The van der Waals surface area contributed by atoms with Gasteiger partial charge in [-0.2, -0.15) is 0 Å². The number of aliphatic hydroxyl groups excluding tert-OH is 2. The van der Waals surface area contributed by atoms with Gasteiger partial charge in [0, 0.05) is 51.2 Å². The van der Waals surface area contributed by atoms with E-state index in [9.17, 15) is 49.6 Å². The Labute approximate surface area is 289 Å². The number of amides is 4. The molecule has 4 atom stereocenters. The average molecular weight is 737 g/mol. The molecule has 6 aliphatic rings. The second kappa shape index (κ2) is 11.5. The van der Waals surface area contributed by atoms with E-state index in [1.54, 1.807) is 24.6 Å². The molecule has 6 aliphatic heterocycles. The van der Waals surface area contributed by atoms with Crippen LogP contribution in [0.25, 0.3) is 0 Å². The minimum Gasteiger partial charge on any atom is -0.392 e. The third kappa shape index (κ3) is 4.22. The van der Waals surface area contributed by atoms with Gasteiger partial charge >= 0.3 is 0 Å². The number of anilines is 2. The zero-order valence-corrected chi connectivity index (χ0v) is 29.0. The third-order valence-corrected chi connectivity index (χ3v) is 15.5. The number of carbonyl (C=O) groups excluding carboxylic acids is 4. The number of rotatable bonds is 6. The molecule has 2 N–H and O–H groups in total. The Morgan fingerprint density at radius 2 is 1.31 bits per heavy atom. The number of hydrogen-bond donors (Lipinski definition) is 2. The monoisotopic (exact) mass is 736 g/mol. The van der Waals surface area contributed by atoms with Crippen LogP contribution in [0, 0.1) is 20.2 Å². The first-order valence-corrected chi connectivity index (χ1v) is 18.8. The lowest BCUT2D eigenvalue weighted by Gasteiger charge is -2.57. The van der Waals surface area contributed by atoms with Gasteiger partial charge in [-0.05, 0) is 46.6 Å². The number of thioether (sulfide) groups is 2. The summed E-state index contributed by atoms with van der Waals surface area (Å²) in [5, 5.41) is 41.8. The molecule has 4 unspecified atom stereocenters. The minimum atomic E-state index is -1.44. The van der Waals surface area contributed by atoms with Crippen LogP contribution in [0.3, 0.4) is 0 Å². The first kappa shape index (κ1) is 34.3. The maximum atomic E-state index is 13.3. The molecule has 1 spiro atoms. The second-order valence-corrected chi connectivity index (χ2v) is 16.4. The topological polar surface area (TPSA) is 208 Å². The molecule has 4 amide bonds. The van der Waals surface area contributed by atoms with Crippen LogP contribution < -0.4 is 9.80 Å². The van der Waals surface area contributed by atoms with Crippen molar-refractivity contribution in [2.75, 3.05) is 49.6 Å². The zero-order valence-electron chi connectivity index (χ0n) is 25.8. The molecule has 0 radical (unpaired) electrons. The number of nitrogens with zero attached hydrogens (tertiary/aromatic N) is 6. The van der Waals surface area contributed by atoms with Gasteiger partial charge in [0.25, 0.3) is 35.0 Å². The molecule has 2 aromatic rings. The van der Waals surface area contributed by atoms with Gasteiger partial charge in [-0.1, -0.05) is 10.8 Å². The van der Waals surface area contributed by atoms with Gasteiger partial charge in [0.1, 0.15) is 0 Å². The highest BCUT2D eigenvalue weighted by Gasteiger charge is 2.71. The molecule has 4 saturated heterocycles. The Morgan fingerprint density at radius 1 is 0.750 bits per heavy atom. The van der Waals surface area contributed by atoms with Crippen molar-refractivity contribution < 1.29 is 39.2 Å². The van der Waals surface area contributed by atoms with E-state index in [0.29, 0.717) is 23.4 Å². The summed E-state index contributed by atoms with van der Waals surface area (Å²) >= 11 is 2.30. The van der Waals surface area contributed by atoms with Crippen LogP contribution >= 0.6 is 45.1 Å². The Kier molecular flexibility index (Phi) is 8.23. The number of non-ortho nitro benzene ring substituents is 2. The maximum absolute atomic E-state index is 13.3. The van der Waals surface area contributed by atoms with Gasteiger partial charge in [-0.15, -0.1) is 23.5 Å². The molecular weight excluding hydrogens is 709 g/mol. The van der Waals surface area contributed by atoms with E-state index in [1.807, 2.05) is 0 Å². The Hall–Kier alpha value is -3.56. The molecule has 2 bridgehead atoms. The molecule has 48 heavy (non-hydrogen) atoms. The second-order valence-electron chi connectivity index (χ2n) is 11.5. The SMILES string of the molecule is CN1C(=O)C23Cc4ccc([N+](=O)[O-])cc4N2C(=O)C1(CO)SS3.CSC1(CO)C(=O)N2c3cc([N+](=O)[O-])ccc3CC2(SC)C(=O)N1C. The number of hydrogen-bond acceptors (Lipinski definition) is 14. The van der Waals surface area contributed by atoms with E-state index in [0.717, 1.165) is 17.3 Å². The average Bonchev–Trinajstić information content (AvgIpc) is 3.61. The van der Waals surface area contributed by atoms with E-state index in [2.05, 4.69) is 0 Å². The van der Waals surface area contributed by atoms with Gasteiger partial charge in [-0.3, -0.25) is 49.2 Å². The summed E-state index contributed by atoms with van der Waals surface area (Å²) < 4.78 is 0. The van der Waals surface area contributed by atoms with E-state index >= 15 is 0 Å². The van der Waals surface area contributed by atoms with Crippen molar-refractivity contribution in [3.8, 4) is 0 Å². The predicted octanol–water partition coefficient (Wildman–Crippen LogP) is 1.80. The Balaban J connectivity index is 0.000000168. The zero-order chi connectivity index (χ0) is 35.1. The molecule has 16 nitrogen and oxygen atoms in total. The third-order valence-electron chi connectivity index (χ3n) is 9.48. The van der Waals surface area contributed by atoms with Crippen LogP contribution in [-0.2, 0) is 32.0 Å². The highest BCUT2D eigenvalue weighted by molar-refractivity contribution is 8.78. The quantitative estimate of drug-likeness (QED) is 0.246. The lowest BCUT2D eigenvalue weighted by Crippen LogP contribution is -2.77. The summed E-state index contributed by atoms with van der Waals surface area (Å²) in [6.07, 6.45) is 3.95. The standard InChI is InChI=1S/C15H17N3O5S2.C13H11N3O5S2/c1-16-12(20)14(24-2)7-9-4-5-10(18(22)23)6-11(9)17(14)13(21)15(16,8-19)25-3;1-14-10(18)12-5-7-2-3-8(16(20)21)4-9(7)15(12)11(19)13(14,6-17)23-22-12/h4-6,19H,7-8H2,1-3H3;2-4,17H,5-6H2,1H3. The highest BCUT2D eigenvalue weighted by Crippen LogP contribution is 2.63. The molecule has 4 fully saturated rings. The fourth-order valence-electron chi connectivity index (χ4n) is 6.73. The van der Waals surface area contributed by atoms with Gasteiger partial charge in [0.2, 0.25) is 4.87 Å². The van der Waals surface area contributed by atoms with E-state index in [-0.39, 0.29) is 29.6 Å². The predicted molar refractivity (Wildman–Crippen MR) is 181 cm³/mol. The van der Waals surface area contributed by atoms with Crippen molar-refractivity contribution in [1.82, 2.24) is 9.80 Å². The normalized spacial score (nSPS) is 29.7. The highest BCUT2D eigenvalue weighted by atomic mass is 33.1. The number of aliphatic hydroxyl groups is 2. The molecular formula is C28H28N6O10S4. The first-order valence-electron chi connectivity index (χ1n) is 14.2. The fourth-order valence-corrected chi connectivity index (χ4v) is 12.0. The Morgan fingerprint density at radius 3 is 1.81 bits per heavy atom. The number of carbonyl (C=O) groups is 4.